The van der Waals surface area contributed by atoms with Crippen molar-refractivity contribution in [2.75, 3.05) is 12.4 Å². The summed E-state index contributed by atoms with van der Waals surface area (Å²) in [6, 6.07) is 17.0. The highest BCUT2D eigenvalue weighted by Gasteiger charge is 2.50. The Balaban J connectivity index is 1.52. The van der Waals surface area contributed by atoms with Gasteiger partial charge in [0.15, 0.2) is 5.75 Å². The number of Topliss-reactive ketones (excluding diaryl/α,β-unsaturated/α-hetero) is 1. The largest absolute Gasteiger partial charge is 0.507 e. The first kappa shape index (κ1) is 47.0. The first-order chi connectivity index (χ1) is 30.3. The zero-order chi connectivity index (χ0) is 46.8. The fourth-order valence-electron chi connectivity index (χ4n) is 8.38. The second-order valence-electron chi connectivity index (χ2n) is 16.8. The molecule has 7 rings (SSSR count). The third-order valence-electron chi connectivity index (χ3n) is 12.4. The highest BCUT2D eigenvalue weighted by atomic mass is 16.7. The number of methoxy groups -OCH3 is 1. The molecule has 64 heavy (non-hydrogen) atoms. The van der Waals surface area contributed by atoms with Crippen molar-refractivity contribution >= 4 is 46.0 Å². The summed E-state index contributed by atoms with van der Waals surface area (Å²) in [6.07, 6.45) is 4.72. The van der Waals surface area contributed by atoms with Crippen LogP contribution in [0.4, 0.5) is 11.4 Å². The Bertz CT molecular complexity index is 2550. The molecule has 4 aromatic carbocycles. The van der Waals surface area contributed by atoms with Crippen LogP contribution >= 0.6 is 0 Å². The number of rotatable bonds is 5. The molecule has 0 radical (unpaired) electrons. The standard InChI is InChI=1S/C50H56N2O12/c1-25-14-13-15-26(2)49(60)52-40-35(24-51-34-20-18-33(19-21-34)32-16-11-10-12-17-32)44(57)37-38(45(40)58)43(56)30(6)47-39(37)48(59)50(8,64-47)62-23-22-36(61-9)27(3)46(63-31(7)53)29(5)42(55)28(4)41(25)54/h10-25,27-29,36,41-42,46,54-58H,1-9H3,(H,52,60)/b14-13+,23-22+,26-15-,51-24?/t25-,27-,28+,29-,36-,41-,42+,46+,50-/m0/s1. The summed E-state index contributed by atoms with van der Waals surface area (Å²) in [7, 11) is 1.43. The molecule has 338 valence electrons. The summed E-state index contributed by atoms with van der Waals surface area (Å²) >= 11 is 0. The van der Waals surface area contributed by atoms with Crippen molar-refractivity contribution in [1.82, 2.24) is 0 Å². The maximum Gasteiger partial charge on any atom is 0.312 e. The van der Waals surface area contributed by atoms with Crippen LogP contribution in [-0.2, 0) is 23.8 Å². The minimum absolute atomic E-state index is 0.0384. The summed E-state index contributed by atoms with van der Waals surface area (Å²) in [5, 5.41) is 60.9. The number of nitrogens with one attached hydrogen (secondary N) is 1. The maximum atomic E-state index is 14.5. The number of phenols is 3. The molecule has 0 aliphatic carbocycles. The number of fused-ring (bicyclic) bond motifs is 14. The van der Waals surface area contributed by atoms with Crippen LogP contribution in [0.5, 0.6) is 23.0 Å². The van der Waals surface area contributed by atoms with Crippen LogP contribution in [0.2, 0.25) is 0 Å². The number of benzene rings is 4. The van der Waals surface area contributed by atoms with Crippen LogP contribution in [0.1, 0.15) is 70.0 Å². The molecule has 9 atom stereocenters. The van der Waals surface area contributed by atoms with E-state index in [0.717, 1.165) is 11.1 Å². The molecular formula is C50H56N2O12. The van der Waals surface area contributed by atoms with E-state index in [-0.39, 0.29) is 44.5 Å². The van der Waals surface area contributed by atoms with Crippen molar-refractivity contribution < 1.29 is 58.9 Å². The topological polar surface area (TPSA) is 214 Å². The van der Waals surface area contributed by atoms with Gasteiger partial charge in [0.2, 0.25) is 0 Å². The molecule has 3 aliphatic rings. The summed E-state index contributed by atoms with van der Waals surface area (Å²) < 4.78 is 23.7. The van der Waals surface area contributed by atoms with Crippen molar-refractivity contribution in [3.63, 3.8) is 0 Å². The van der Waals surface area contributed by atoms with E-state index in [1.807, 2.05) is 42.5 Å². The van der Waals surface area contributed by atoms with E-state index in [4.69, 9.17) is 18.9 Å². The lowest BCUT2D eigenvalue weighted by atomic mass is 9.78. The predicted octanol–water partition coefficient (Wildman–Crippen LogP) is 8.17. The fraction of sp³-hybridized carbons (Fsp3) is 0.360. The lowest BCUT2D eigenvalue weighted by Crippen LogP contribution is -2.46. The third kappa shape index (κ3) is 9.12. The molecule has 0 fully saturated rings. The molecule has 0 spiro atoms. The van der Waals surface area contributed by atoms with Gasteiger partial charge in [-0.15, -0.1) is 0 Å². The molecule has 3 heterocycles. The Morgan fingerprint density at radius 2 is 1.50 bits per heavy atom. The summed E-state index contributed by atoms with van der Waals surface area (Å²) in [4.78, 5) is 45.3. The molecular weight excluding hydrogens is 821 g/mol. The number of amides is 1. The lowest BCUT2D eigenvalue weighted by Gasteiger charge is -2.38. The number of aromatic hydroxyl groups is 3. The van der Waals surface area contributed by atoms with Gasteiger partial charge in [-0.25, -0.2) is 0 Å². The number of hydrogen-bond donors (Lipinski definition) is 6. The monoisotopic (exact) mass is 876 g/mol. The van der Waals surface area contributed by atoms with Crippen LogP contribution in [0.3, 0.4) is 0 Å². The number of phenolic OH excluding ortho intramolecular Hbond substituents is 3. The van der Waals surface area contributed by atoms with Gasteiger partial charge in [0.1, 0.15) is 23.4 Å². The van der Waals surface area contributed by atoms with Gasteiger partial charge in [0, 0.05) is 67.4 Å². The van der Waals surface area contributed by atoms with Crippen LogP contribution in [-0.4, -0.2) is 86.7 Å². The smallest absolute Gasteiger partial charge is 0.312 e. The third-order valence-corrected chi connectivity index (χ3v) is 12.4. The SMILES string of the molecule is CO[C@H]1/C=C/O[C@@]2(C)Oc3c(C)c(O)c4c(O)c(c(C=Nc5ccc(-c6ccccc6)cc5)c(O)c4c3C2=O)NC(=O)/C(C)=C\C=C\[C@H](C)[C@H](O)[C@@H](C)[C@@H](O)[C@H](C)[C@H](OC(C)=O)[C@H]1C. The van der Waals surface area contributed by atoms with Crippen molar-refractivity contribution in [1.29, 1.82) is 0 Å². The van der Waals surface area contributed by atoms with E-state index in [1.165, 1.54) is 59.4 Å². The van der Waals surface area contributed by atoms with Crippen LogP contribution in [0.15, 0.2) is 95.7 Å². The lowest BCUT2D eigenvalue weighted by molar-refractivity contribution is -0.160. The molecule has 0 aromatic heterocycles. The minimum atomic E-state index is -2.07. The molecule has 3 aliphatic heterocycles. The van der Waals surface area contributed by atoms with E-state index >= 15 is 0 Å². The van der Waals surface area contributed by atoms with E-state index < -0.39 is 88.8 Å². The van der Waals surface area contributed by atoms with Crippen molar-refractivity contribution in [2.45, 2.75) is 85.6 Å². The van der Waals surface area contributed by atoms with Gasteiger partial charge in [0.05, 0.1) is 52.5 Å². The number of allylic oxidation sites excluding steroid dienone is 2. The van der Waals surface area contributed by atoms with Crippen LogP contribution in [0, 0.1) is 30.6 Å². The van der Waals surface area contributed by atoms with Gasteiger partial charge >= 0.3 is 11.8 Å². The predicted molar refractivity (Wildman–Crippen MR) is 243 cm³/mol. The highest BCUT2D eigenvalue weighted by Crippen LogP contribution is 2.55. The molecule has 14 heteroatoms. The number of aliphatic imine (C=N–C) groups is 1. The number of carbonyl (C=O) groups is 3. The van der Waals surface area contributed by atoms with Gasteiger partial charge in [-0.3, -0.25) is 19.4 Å². The number of ketones is 1. The number of nitrogens with zero attached hydrogens (tertiary/aromatic N) is 1. The zero-order valence-electron chi connectivity index (χ0n) is 37.3. The quantitative estimate of drug-likeness (QED) is 0.0485. The van der Waals surface area contributed by atoms with Crippen LogP contribution in [0.25, 0.3) is 21.9 Å². The Morgan fingerprint density at radius 1 is 0.844 bits per heavy atom. The van der Waals surface area contributed by atoms with Crippen molar-refractivity contribution in [3.05, 3.63) is 107 Å². The van der Waals surface area contributed by atoms with Gasteiger partial charge in [0.25, 0.3) is 11.7 Å². The minimum Gasteiger partial charge on any atom is -0.507 e. The molecule has 1 amide bonds. The Morgan fingerprint density at radius 3 is 2.14 bits per heavy atom. The average molecular weight is 877 g/mol. The molecule has 0 unspecified atom stereocenters. The van der Waals surface area contributed by atoms with E-state index in [1.54, 1.807) is 52.0 Å². The number of aliphatic hydroxyl groups is 2. The number of esters is 1. The average Bonchev–Trinajstić information content (AvgIpc) is 3.54. The molecule has 4 aromatic rings. The Labute approximate surface area is 372 Å². The van der Waals surface area contributed by atoms with E-state index in [2.05, 4.69) is 10.3 Å². The first-order valence-electron chi connectivity index (χ1n) is 21.1. The molecule has 6 N–H and O–H groups in total. The summed E-state index contributed by atoms with van der Waals surface area (Å²) in [5.41, 5.74) is 1.87. The number of hydrogen-bond acceptors (Lipinski definition) is 13. The number of ether oxygens (including phenoxy) is 4. The fourth-order valence-corrected chi connectivity index (χ4v) is 8.38. The number of carbonyl (C=O) groups excluding carboxylic acids is 3. The highest BCUT2D eigenvalue weighted by molar-refractivity contribution is 6.24. The molecule has 14 nitrogen and oxygen atoms in total. The Hall–Kier alpha value is -6.48. The van der Waals surface area contributed by atoms with Crippen molar-refractivity contribution in [3.8, 4) is 34.1 Å². The zero-order valence-corrected chi connectivity index (χ0v) is 37.3. The molecule has 0 saturated heterocycles. The van der Waals surface area contributed by atoms with Gasteiger partial charge in [-0.2, -0.15) is 0 Å². The van der Waals surface area contributed by atoms with Crippen molar-refractivity contribution in [2.24, 2.45) is 28.7 Å². The summed E-state index contributed by atoms with van der Waals surface area (Å²) in [5.74, 6) is -8.59. The Kier molecular flexibility index (Phi) is 14.0. The first-order valence-corrected chi connectivity index (χ1v) is 21.1. The van der Waals surface area contributed by atoms with Gasteiger partial charge in [-0.05, 0) is 43.2 Å². The number of aliphatic hydroxyl groups excluding tert-OH is 2. The normalized spacial score (nSPS) is 28.6. The second-order valence-corrected chi connectivity index (χ2v) is 16.8. The van der Waals surface area contributed by atoms with Gasteiger partial charge < -0.3 is 49.8 Å². The maximum absolute atomic E-state index is 14.5. The van der Waals surface area contributed by atoms with Gasteiger partial charge in [-0.1, -0.05) is 88.4 Å². The second kappa shape index (κ2) is 19.1. The number of anilines is 1. The summed E-state index contributed by atoms with van der Waals surface area (Å²) in [6.45, 7) is 12.5. The van der Waals surface area contributed by atoms with E-state index in [0.29, 0.717) is 5.69 Å². The van der Waals surface area contributed by atoms with Crippen LogP contribution < -0.4 is 10.1 Å². The molecule has 0 saturated carbocycles. The molecule has 5 bridgehead atoms. The van der Waals surface area contributed by atoms with E-state index in [9.17, 15) is 39.9 Å².